The van der Waals surface area contributed by atoms with Crippen LogP contribution in [0.15, 0.2) is 116 Å². The van der Waals surface area contributed by atoms with Gasteiger partial charge in [-0.3, -0.25) is 0 Å². The average molecular weight is 1060 g/mol. The van der Waals surface area contributed by atoms with E-state index in [9.17, 15) is 4.79 Å². The van der Waals surface area contributed by atoms with Crippen LogP contribution in [-0.2, 0) is 19.3 Å². The highest BCUT2D eigenvalue weighted by Crippen LogP contribution is 2.31. The fourth-order valence-electron chi connectivity index (χ4n) is 9.43. The Hall–Kier alpha value is -6.29. The molecule has 10 heteroatoms. The second-order valence-corrected chi connectivity index (χ2v) is 21.0. The molecular weight excluding hydrogens is 969 g/mol. The lowest BCUT2D eigenvalue weighted by atomic mass is 10.1. The highest BCUT2D eigenvalue weighted by atomic mass is 16.5. The lowest BCUT2D eigenvalue weighted by Crippen LogP contribution is -2.10. The number of hydrogen-bond acceptors (Lipinski definition) is 10. The van der Waals surface area contributed by atoms with Crippen LogP contribution in [0.1, 0.15) is 208 Å². The molecule has 0 aliphatic rings. The number of carbonyl (C=O) groups excluding carboxylic acids is 1. The maximum Gasteiger partial charge on any atom is 0.343 e. The van der Waals surface area contributed by atoms with Gasteiger partial charge in [0.1, 0.15) is 17.2 Å². The zero-order chi connectivity index (χ0) is 54.5. The number of nitrogens with zero attached hydrogens (tertiary/aromatic N) is 4. The minimum atomic E-state index is -0.426. The molecule has 0 aliphatic carbocycles. The maximum absolute atomic E-state index is 13.4. The molecule has 2 aromatic heterocycles. The molecule has 0 unspecified atom stereocenters. The standard InChI is InChI=1S/C68H92N4O6/c1-4-7-10-13-16-23-30-56-51-69-66(70-52-56)58-34-41-61(42-35-58)74-46-25-18-20-27-48-76-64-45-38-60(68(73)78-63-39-32-55(33-40-63)29-22-15-12-9-6-3)50-65(64)77-49-28-21-19-26-47-75-62-43-36-59(37-44-62)67-71-53-57(54-72-67)31-24-17-14-11-8-5-2/h32-45,50-54H,4-31,46-49H2,1-3H3. The molecule has 0 saturated carbocycles. The van der Waals surface area contributed by atoms with Crippen molar-refractivity contribution in [1.29, 1.82) is 0 Å². The quantitative estimate of drug-likeness (QED) is 0.0208. The van der Waals surface area contributed by atoms with Gasteiger partial charge in [-0.1, -0.05) is 123 Å². The topological polar surface area (TPSA) is 115 Å². The van der Waals surface area contributed by atoms with Crippen LogP contribution < -0.4 is 23.7 Å². The molecule has 0 bridgehead atoms. The van der Waals surface area contributed by atoms with Crippen molar-refractivity contribution in [3.63, 3.8) is 0 Å². The van der Waals surface area contributed by atoms with Crippen molar-refractivity contribution >= 4 is 5.97 Å². The fourth-order valence-corrected chi connectivity index (χ4v) is 9.43. The first-order valence-corrected chi connectivity index (χ1v) is 30.3. The number of esters is 1. The first-order chi connectivity index (χ1) is 38.5. The van der Waals surface area contributed by atoms with E-state index in [1.807, 2.05) is 91.5 Å². The number of hydrogen-bond donors (Lipinski definition) is 0. The number of rotatable bonds is 42. The summed E-state index contributed by atoms with van der Waals surface area (Å²) >= 11 is 0. The monoisotopic (exact) mass is 1060 g/mol. The van der Waals surface area contributed by atoms with Gasteiger partial charge >= 0.3 is 5.97 Å². The fraction of sp³-hybridized carbons (Fsp3) is 0.515. The lowest BCUT2D eigenvalue weighted by Gasteiger charge is -2.14. The summed E-state index contributed by atoms with van der Waals surface area (Å²) in [6, 6.07) is 29.4. The van der Waals surface area contributed by atoms with Gasteiger partial charge in [0.05, 0.1) is 32.0 Å². The van der Waals surface area contributed by atoms with E-state index < -0.39 is 5.97 Å². The Kier molecular flexibility index (Phi) is 29.3. The highest BCUT2D eigenvalue weighted by molar-refractivity contribution is 5.91. The Labute approximate surface area is 468 Å². The van der Waals surface area contributed by atoms with Gasteiger partial charge in [0.15, 0.2) is 23.1 Å². The first kappa shape index (κ1) is 60.9. The molecule has 4 aromatic carbocycles. The minimum Gasteiger partial charge on any atom is -0.494 e. The minimum absolute atomic E-state index is 0.419. The Morgan fingerprint density at radius 2 is 0.705 bits per heavy atom. The van der Waals surface area contributed by atoms with Gasteiger partial charge in [0.2, 0.25) is 0 Å². The van der Waals surface area contributed by atoms with Gasteiger partial charge in [-0.25, -0.2) is 24.7 Å². The van der Waals surface area contributed by atoms with Crippen LogP contribution in [0.4, 0.5) is 0 Å². The predicted molar refractivity (Wildman–Crippen MR) is 318 cm³/mol. The van der Waals surface area contributed by atoms with E-state index in [1.165, 1.54) is 126 Å². The van der Waals surface area contributed by atoms with E-state index in [4.69, 9.17) is 23.7 Å². The summed E-state index contributed by atoms with van der Waals surface area (Å²) in [6.45, 7) is 9.08. The number of ether oxygens (including phenoxy) is 5. The molecular formula is C68H92N4O6. The zero-order valence-electron chi connectivity index (χ0n) is 47.8. The van der Waals surface area contributed by atoms with Crippen molar-refractivity contribution in [3.8, 4) is 51.5 Å². The van der Waals surface area contributed by atoms with Crippen LogP contribution in [0.5, 0.6) is 28.7 Å². The third kappa shape index (κ3) is 23.8. The molecule has 0 aliphatic heterocycles. The molecule has 10 nitrogen and oxygen atoms in total. The molecule has 2 heterocycles. The van der Waals surface area contributed by atoms with E-state index in [0.29, 0.717) is 49.2 Å². The van der Waals surface area contributed by atoms with E-state index in [2.05, 4.69) is 52.8 Å². The molecule has 0 fully saturated rings. The maximum atomic E-state index is 13.4. The van der Waals surface area contributed by atoms with Crippen molar-refractivity contribution < 1.29 is 28.5 Å². The smallest absolute Gasteiger partial charge is 0.343 e. The van der Waals surface area contributed by atoms with Gasteiger partial charge in [0.25, 0.3) is 0 Å². The van der Waals surface area contributed by atoms with Crippen molar-refractivity contribution in [2.75, 3.05) is 26.4 Å². The molecule has 6 rings (SSSR count). The molecule has 0 amide bonds. The summed E-state index contributed by atoms with van der Waals surface area (Å²) in [6.07, 6.45) is 40.3. The van der Waals surface area contributed by atoms with Gasteiger partial charge in [-0.15, -0.1) is 0 Å². The predicted octanol–water partition coefficient (Wildman–Crippen LogP) is 18.2. The molecule has 6 aromatic rings. The van der Waals surface area contributed by atoms with Crippen molar-refractivity contribution in [2.24, 2.45) is 0 Å². The van der Waals surface area contributed by atoms with Crippen LogP contribution in [0.3, 0.4) is 0 Å². The number of carbonyl (C=O) groups is 1. The van der Waals surface area contributed by atoms with E-state index in [-0.39, 0.29) is 0 Å². The Morgan fingerprint density at radius 1 is 0.346 bits per heavy atom. The summed E-state index contributed by atoms with van der Waals surface area (Å²) in [4.78, 5) is 32.0. The Bertz CT molecular complexity index is 2500. The third-order valence-corrected chi connectivity index (χ3v) is 14.3. The van der Waals surface area contributed by atoms with Crippen LogP contribution in [0.25, 0.3) is 22.8 Å². The first-order valence-electron chi connectivity index (χ1n) is 30.3. The lowest BCUT2D eigenvalue weighted by molar-refractivity contribution is 0.0734. The van der Waals surface area contributed by atoms with Crippen LogP contribution in [-0.4, -0.2) is 52.3 Å². The SMILES string of the molecule is CCCCCCCCc1cnc(-c2ccc(OCCCCCCOc3ccc(C(=O)Oc4ccc(CCCCCCC)cc4)cc3OCCCCCCOc3ccc(-c4ncc(CCCCCCCC)cn4)cc3)cc2)nc1. The summed E-state index contributed by atoms with van der Waals surface area (Å²) in [5, 5.41) is 0. The summed E-state index contributed by atoms with van der Waals surface area (Å²) in [5.41, 5.74) is 6.06. The van der Waals surface area contributed by atoms with E-state index in [1.54, 1.807) is 12.1 Å². The van der Waals surface area contributed by atoms with Gasteiger partial charge in [-0.05, 0) is 185 Å². The highest BCUT2D eigenvalue weighted by Gasteiger charge is 2.15. The van der Waals surface area contributed by atoms with Gasteiger partial charge < -0.3 is 23.7 Å². The van der Waals surface area contributed by atoms with Crippen molar-refractivity contribution in [3.05, 3.63) is 138 Å². The summed E-state index contributed by atoms with van der Waals surface area (Å²) < 4.78 is 30.6. The van der Waals surface area contributed by atoms with Crippen molar-refractivity contribution in [1.82, 2.24) is 19.9 Å². The number of benzene rings is 4. The van der Waals surface area contributed by atoms with Crippen LogP contribution in [0.2, 0.25) is 0 Å². The average Bonchev–Trinajstić information content (AvgIpc) is 3.48. The number of aromatic nitrogens is 4. The van der Waals surface area contributed by atoms with E-state index >= 15 is 0 Å². The third-order valence-electron chi connectivity index (χ3n) is 14.3. The number of aryl methyl sites for hydroxylation is 3. The molecule has 0 N–H and O–H groups in total. The van der Waals surface area contributed by atoms with Crippen molar-refractivity contribution in [2.45, 2.75) is 201 Å². The second-order valence-electron chi connectivity index (χ2n) is 21.0. The summed E-state index contributed by atoms with van der Waals surface area (Å²) in [5.74, 6) is 4.46. The second kappa shape index (κ2) is 37.5. The largest absolute Gasteiger partial charge is 0.494 e. The van der Waals surface area contributed by atoms with Crippen LogP contribution in [0, 0.1) is 0 Å². The zero-order valence-corrected chi connectivity index (χ0v) is 47.8. The van der Waals surface area contributed by atoms with Gasteiger partial charge in [0, 0.05) is 35.9 Å². The van der Waals surface area contributed by atoms with Gasteiger partial charge in [-0.2, -0.15) is 0 Å². The normalized spacial score (nSPS) is 11.2. The molecule has 78 heavy (non-hydrogen) atoms. The van der Waals surface area contributed by atoms with Crippen LogP contribution >= 0.6 is 0 Å². The number of unbranched alkanes of at least 4 members (excludes halogenated alkanes) is 20. The molecule has 420 valence electrons. The molecule has 0 radical (unpaired) electrons. The Balaban J connectivity index is 0.893. The van der Waals surface area contributed by atoms with E-state index in [0.717, 1.165) is 105 Å². The molecule has 0 atom stereocenters. The Morgan fingerprint density at radius 3 is 1.14 bits per heavy atom. The summed E-state index contributed by atoms with van der Waals surface area (Å²) in [7, 11) is 0. The molecule has 0 saturated heterocycles. The molecule has 0 spiro atoms.